The number of phenols is 1. The summed E-state index contributed by atoms with van der Waals surface area (Å²) in [4.78, 5) is 19.3. The van der Waals surface area contributed by atoms with Crippen molar-refractivity contribution in [3.63, 3.8) is 0 Å². The fraction of sp³-hybridized carbons (Fsp3) is 0.111. The number of carbonyl (C=O) groups excluding carboxylic acids is 1. The van der Waals surface area contributed by atoms with E-state index in [9.17, 15) is 9.90 Å². The standard InChI is InChI=1S/C18H15ClN2O2S/c1-2-21-17(23)16(10-12-6-8-13(19)9-7-12)24-18(21)20-14-4-3-5-15(22)11-14/h3-11,22H,2H2,1H3/b16-10-,20-18?. The van der Waals surface area contributed by atoms with Crippen LogP contribution in [0.3, 0.4) is 0 Å². The number of likely N-dealkylation sites (N-methyl/N-ethyl adjacent to an activating group) is 1. The molecule has 0 radical (unpaired) electrons. The number of aromatic hydroxyl groups is 1. The summed E-state index contributed by atoms with van der Waals surface area (Å²) in [5, 5.41) is 10.8. The molecule has 0 atom stereocenters. The number of hydrogen-bond donors (Lipinski definition) is 1. The lowest BCUT2D eigenvalue weighted by Crippen LogP contribution is -2.28. The van der Waals surface area contributed by atoms with Crippen LogP contribution in [0.1, 0.15) is 12.5 Å². The maximum absolute atomic E-state index is 12.6. The summed E-state index contributed by atoms with van der Waals surface area (Å²) in [6.45, 7) is 2.43. The van der Waals surface area contributed by atoms with E-state index in [1.165, 1.54) is 11.8 Å². The van der Waals surface area contributed by atoms with Crippen molar-refractivity contribution in [2.75, 3.05) is 6.54 Å². The quantitative estimate of drug-likeness (QED) is 0.811. The Hall–Kier alpha value is -2.24. The molecule has 122 valence electrons. The van der Waals surface area contributed by atoms with E-state index in [1.807, 2.05) is 25.1 Å². The minimum atomic E-state index is -0.0728. The minimum Gasteiger partial charge on any atom is -0.508 e. The monoisotopic (exact) mass is 358 g/mol. The van der Waals surface area contributed by atoms with E-state index in [1.54, 1.807) is 41.3 Å². The number of phenolic OH excluding ortho intramolecular Hbond substituents is 1. The normalized spacial score (nSPS) is 17.9. The Kier molecular flexibility index (Phi) is 4.92. The average Bonchev–Trinajstić information content (AvgIpc) is 2.84. The number of carbonyl (C=O) groups is 1. The molecule has 0 aliphatic carbocycles. The molecule has 1 heterocycles. The van der Waals surface area contributed by atoms with E-state index in [-0.39, 0.29) is 11.7 Å². The van der Waals surface area contributed by atoms with Crippen molar-refractivity contribution < 1.29 is 9.90 Å². The van der Waals surface area contributed by atoms with Gasteiger partial charge in [0.25, 0.3) is 5.91 Å². The van der Waals surface area contributed by atoms with Gasteiger partial charge in [-0.05, 0) is 54.6 Å². The lowest BCUT2D eigenvalue weighted by atomic mass is 10.2. The Labute approximate surface area is 149 Å². The Balaban J connectivity index is 1.92. The second-order valence-electron chi connectivity index (χ2n) is 5.13. The molecule has 1 fully saturated rings. The number of amides is 1. The fourth-order valence-corrected chi connectivity index (χ4v) is 3.44. The van der Waals surface area contributed by atoms with Crippen molar-refractivity contribution in [3.05, 3.63) is 64.0 Å². The van der Waals surface area contributed by atoms with Gasteiger partial charge in [0.05, 0.1) is 10.6 Å². The maximum Gasteiger partial charge on any atom is 0.266 e. The van der Waals surface area contributed by atoms with Gasteiger partial charge in [-0.15, -0.1) is 0 Å². The number of amidine groups is 1. The number of rotatable bonds is 3. The van der Waals surface area contributed by atoms with Crippen molar-refractivity contribution in [2.24, 2.45) is 4.99 Å². The molecule has 1 N–H and O–H groups in total. The molecule has 1 aliphatic heterocycles. The molecule has 24 heavy (non-hydrogen) atoms. The SMILES string of the molecule is CCN1C(=O)/C(=C/c2ccc(Cl)cc2)SC1=Nc1cccc(O)c1. The molecule has 3 rings (SSSR count). The van der Waals surface area contributed by atoms with Crippen molar-refractivity contribution in [1.82, 2.24) is 4.90 Å². The number of aliphatic imine (C=N–C) groups is 1. The molecule has 1 amide bonds. The molecule has 1 aliphatic rings. The third-order valence-corrected chi connectivity index (χ3v) is 4.69. The van der Waals surface area contributed by atoms with Gasteiger partial charge in [0, 0.05) is 17.6 Å². The predicted octanol–water partition coefficient (Wildman–Crippen LogP) is 4.67. The van der Waals surface area contributed by atoms with Crippen LogP contribution >= 0.6 is 23.4 Å². The van der Waals surface area contributed by atoms with E-state index < -0.39 is 0 Å². The minimum absolute atomic E-state index is 0.0728. The van der Waals surface area contributed by atoms with Gasteiger partial charge in [-0.2, -0.15) is 0 Å². The first-order chi connectivity index (χ1) is 11.6. The molecule has 1 saturated heterocycles. The maximum atomic E-state index is 12.6. The van der Waals surface area contributed by atoms with Crippen LogP contribution in [0.25, 0.3) is 6.08 Å². The molecular weight excluding hydrogens is 344 g/mol. The van der Waals surface area contributed by atoms with Crippen LogP contribution in [0.2, 0.25) is 5.02 Å². The van der Waals surface area contributed by atoms with E-state index in [2.05, 4.69) is 4.99 Å². The van der Waals surface area contributed by atoms with Gasteiger partial charge in [-0.1, -0.05) is 29.8 Å². The molecule has 2 aromatic rings. The van der Waals surface area contributed by atoms with Crippen LogP contribution in [0, 0.1) is 0 Å². The molecule has 6 heteroatoms. The number of benzene rings is 2. The first kappa shape index (κ1) is 16.6. The van der Waals surface area contributed by atoms with Crippen molar-refractivity contribution >= 4 is 46.2 Å². The molecule has 0 unspecified atom stereocenters. The fourth-order valence-electron chi connectivity index (χ4n) is 2.25. The summed E-state index contributed by atoms with van der Waals surface area (Å²) in [5.41, 5.74) is 1.52. The van der Waals surface area contributed by atoms with Crippen LogP contribution in [0.5, 0.6) is 5.75 Å². The van der Waals surface area contributed by atoms with Crippen LogP contribution < -0.4 is 0 Å². The smallest absolute Gasteiger partial charge is 0.266 e. The Bertz CT molecular complexity index is 831. The molecule has 0 spiro atoms. The van der Waals surface area contributed by atoms with Crippen molar-refractivity contribution in [2.45, 2.75) is 6.92 Å². The molecule has 2 aromatic carbocycles. The zero-order valence-corrected chi connectivity index (χ0v) is 14.5. The molecule has 0 saturated carbocycles. The van der Waals surface area contributed by atoms with E-state index in [0.717, 1.165) is 5.56 Å². The number of halogens is 1. The van der Waals surface area contributed by atoms with Gasteiger partial charge in [0.1, 0.15) is 5.75 Å². The third kappa shape index (κ3) is 3.63. The topological polar surface area (TPSA) is 52.9 Å². The van der Waals surface area contributed by atoms with Crippen molar-refractivity contribution in [3.8, 4) is 5.75 Å². The Morgan fingerprint density at radius 3 is 2.67 bits per heavy atom. The van der Waals surface area contributed by atoms with Crippen LogP contribution in [-0.2, 0) is 4.79 Å². The van der Waals surface area contributed by atoms with Gasteiger partial charge in [0.2, 0.25) is 0 Å². The number of nitrogens with zero attached hydrogens (tertiary/aromatic N) is 2. The first-order valence-corrected chi connectivity index (χ1v) is 8.61. The van der Waals surface area contributed by atoms with Crippen LogP contribution in [-0.4, -0.2) is 27.6 Å². The summed E-state index contributed by atoms with van der Waals surface area (Å²) in [5.74, 6) is 0.0718. The van der Waals surface area contributed by atoms with Crippen LogP contribution in [0.4, 0.5) is 5.69 Å². The Morgan fingerprint density at radius 1 is 1.25 bits per heavy atom. The highest BCUT2D eigenvalue weighted by atomic mass is 35.5. The van der Waals surface area contributed by atoms with E-state index in [0.29, 0.717) is 27.3 Å². The van der Waals surface area contributed by atoms with Crippen LogP contribution in [0.15, 0.2) is 58.4 Å². The largest absolute Gasteiger partial charge is 0.508 e. The predicted molar refractivity (Wildman–Crippen MR) is 99.6 cm³/mol. The summed E-state index contributed by atoms with van der Waals surface area (Å²) in [6.07, 6.45) is 1.83. The van der Waals surface area contributed by atoms with E-state index in [4.69, 9.17) is 11.6 Å². The first-order valence-electron chi connectivity index (χ1n) is 7.41. The summed E-state index contributed by atoms with van der Waals surface area (Å²) >= 11 is 7.21. The van der Waals surface area contributed by atoms with Gasteiger partial charge in [-0.25, -0.2) is 4.99 Å². The van der Waals surface area contributed by atoms with Gasteiger partial charge < -0.3 is 5.11 Å². The summed E-state index contributed by atoms with van der Waals surface area (Å²) in [6, 6.07) is 14.0. The summed E-state index contributed by atoms with van der Waals surface area (Å²) < 4.78 is 0. The average molecular weight is 359 g/mol. The highest BCUT2D eigenvalue weighted by molar-refractivity contribution is 8.18. The zero-order chi connectivity index (χ0) is 17.1. The molecule has 4 nitrogen and oxygen atoms in total. The van der Waals surface area contributed by atoms with Gasteiger partial charge in [-0.3, -0.25) is 9.69 Å². The highest BCUT2D eigenvalue weighted by Crippen LogP contribution is 2.34. The molecule has 0 aromatic heterocycles. The Morgan fingerprint density at radius 2 is 2.00 bits per heavy atom. The van der Waals surface area contributed by atoms with Crippen molar-refractivity contribution in [1.29, 1.82) is 0 Å². The lowest BCUT2D eigenvalue weighted by molar-refractivity contribution is -0.122. The van der Waals surface area contributed by atoms with Gasteiger partial charge >= 0.3 is 0 Å². The number of hydrogen-bond acceptors (Lipinski definition) is 4. The van der Waals surface area contributed by atoms with Gasteiger partial charge in [0.15, 0.2) is 5.17 Å². The number of thioether (sulfide) groups is 1. The highest BCUT2D eigenvalue weighted by Gasteiger charge is 2.32. The zero-order valence-electron chi connectivity index (χ0n) is 12.9. The molecular formula is C18H15ClN2O2S. The van der Waals surface area contributed by atoms with E-state index >= 15 is 0 Å². The lowest BCUT2D eigenvalue weighted by Gasteiger charge is -2.11. The molecule has 0 bridgehead atoms. The second kappa shape index (κ2) is 7.11. The third-order valence-electron chi connectivity index (χ3n) is 3.43. The summed E-state index contributed by atoms with van der Waals surface area (Å²) in [7, 11) is 0. The second-order valence-corrected chi connectivity index (χ2v) is 6.57.